The Labute approximate surface area is 127 Å². The van der Waals surface area contributed by atoms with Crippen LogP contribution >= 0.6 is 11.6 Å². The monoisotopic (exact) mass is 305 g/mol. The van der Waals surface area contributed by atoms with Crippen LogP contribution in [0.2, 0.25) is 5.02 Å². The van der Waals surface area contributed by atoms with Gasteiger partial charge in [0.2, 0.25) is 0 Å². The van der Waals surface area contributed by atoms with Gasteiger partial charge in [-0.1, -0.05) is 16.8 Å². The number of benzene rings is 1. The number of amides is 1. The van der Waals surface area contributed by atoms with Gasteiger partial charge in [0.1, 0.15) is 0 Å². The Kier molecular flexibility index (Phi) is 4.22. The molecule has 21 heavy (non-hydrogen) atoms. The second kappa shape index (κ2) is 6.28. The van der Waals surface area contributed by atoms with Crippen LogP contribution in [0.25, 0.3) is 11.3 Å². The zero-order valence-corrected chi connectivity index (χ0v) is 12.2. The highest BCUT2D eigenvalue weighted by Crippen LogP contribution is 2.22. The summed E-state index contributed by atoms with van der Waals surface area (Å²) < 4.78 is 5.23. The maximum atomic E-state index is 12.1. The largest absolute Gasteiger partial charge is 0.355 e. The number of halogens is 1. The molecule has 0 spiro atoms. The minimum absolute atomic E-state index is 0.155. The summed E-state index contributed by atoms with van der Waals surface area (Å²) in [5.41, 5.74) is 1.14. The number of carbonyl (C=O) groups excluding carboxylic acids is 1. The number of nitrogens with zero attached hydrogens (tertiary/aromatic N) is 1. The molecule has 2 aromatic rings. The Bertz CT molecular complexity index is 618. The molecular weight excluding hydrogens is 290 g/mol. The Morgan fingerprint density at radius 3 is 2.90 bits per heavy atom. The van der Waals surface area contributed by atoms with Gasteiger partial charge in [0.05, 0.1) is 0 Å². The molecule has 3 rings (SSSR count). The highest BCUT2D eigenvalue weighted by atomic mass is 35.5. The summed E-state index contributed by atoms with van der Waals surface area (Å²) in [7, 11) is 0. The van der Waals surface area contributed by atoms with Gasteiger partial charge in [0, 0.05) is 29.2 Å². The van der Waals surface area contributed by atoms with Crippen molar-refractivity contribution in [1.29, 1.82) is 0 Å². The Morgan fingerprint density at radius 1 is 1.38 bits per heavy atom. The van der Waals surface area contributed by atoms with Crippen molar-refractivity contribution in [3.8, 4) is 11.3 Å². The van der Waals surface area contributed by atoms with Gasteiger partial charge < -0.3 is 15.2 Å². The molecule has 0 aliphatic carbocycles. The summed E-state index contributed by atoms with van der Waals surface area (Å²) in [6.45, 7) is 1.81. The minimum atomic E-state index is -0.201. The lowest BCUT2D eigenvalue weighted by Gasteiger charge is -2.23. The van der Waals surface area contributed by atoms with Gasteiger partial charge in [0.25, 0.3) is 5.91 Å². The van der Waals surface area contributed by atoms with Gasteiger partial charge in [0.15, 0.2) is 11.5 Å². The van der Waals surface area contributed by atoms with Crippen molar-refractivity contribution in [3.05, 3.63) is 41.0 Å². The fraction of sp³-hybridized carbons (Fsp3) is 0.333. The third-order valence-corrected chi connectivity index (χ3v) is 3.76. The van der Waals surface area contributed by atoms with Gasteiger partial charge in [-0.3, -0.25) is 4.79 Å². The van der Waals surface area contributed by atoms with Crippen LogP contribution in [0, 0.1) is 0 Å². The predicted octanol–water partition coefficient (Wildman–Crippen LogP) is 2.48. The van der Waals surface area contributed by atoms with E-state index in [9.17, 15) is 4.79 Å². The van der Waals surface area contributed by atoms with Crippen molar-refractivity contribution in [1.82, 2.24) is 15.8 Å². The topological polar surface area (TPSA) is 67.2 Å². The van der Waals surface area contributed by atoms with Crippen LogP contribution in [-0.4, -0.2) is 30.2 Å². The van der Waals surface area contributed by atoms with Crippen LogP contribution < -0.4 is 10.6 Å². The predicted molar refractivity (Wildman–Crippen MR) is 80.3 cm³/mol. The molecule has 1 aromatic carbocycles. The van der Waals surface area contributed by atoms with Gasteiger partial charge in [-0.15, -0.1) is 0 Å². The number of hydrogen-bond acceptors (Lipinski definition) is 4. The highest BCUT2D eigenvalue weighted by Gasteiger charge is 2.19. The van der Waals surface area contributed by atoms with Crippen LogP contribution in [0.15, 0.2) is 34.9 Å². The Morgan fingerprint density at radius 2 is 2.19 bits per heavy atom. The van der Waals surface area contributed by atoms with E-state index in [0.717, 1.165) is 31.5 Å². The molecule has 110 valence electrons. The van der Waals surface area contributed by atoms with Gasteiger partial charge in [-0.2, -0.15) is 0 Å². The molecule has 2 heterocycles. The number of piperidine rings is 1. The third-order valence-electron chi connectivity index (χ3n) is 3.50. The number of nitrogens with one attached hydrogen (secondary N) is 2. The van der Waals surface area contributed by atoms with Crippen LogP contribution in [0.3, 0.4) is 0 Å². The van der Waals surface area contributed by atoms with Crippen LogP contribution in [0.5, 0.6) is 0 Å². The first-order valence-electron chi connectivity index (χ1n) is 6.96. The SMILES string of the molecule is O=C(NC1CCCNC1)c1cc(-c2ccc(Cl)cc2)on1. The number of aromatic nitrogens is 1. The minimum Gasteiger partial charge on any atom is -0.355 e. The van der Waals surface area contributed by atoms with Crippen LogP contribution in [-0.2, 0) is 0 Å². The molecule has 5 nitrogen and oxygen atoms in total. The first-order valence-corrected chi connectivity index (χ1v) is 7.34. The van der Waals surface area contributed by atoms with E-state index >= 15 is 0 Å². The number of hydrogen-bond donors (Lipinski definition) is 2. The van der Waals surface area contributed by atoms with E-state index in [0.29, 0.717) is 16.5 Å². The van der Waals surface area contributed by atoms with Crippen LogP contribution in [0.1, 0.15) is 23.3 Å². The molecule has 1 saturated heterocycles. The number of rotatable bonds is 3. The second-order valence-electron chi connectivity index (χ2n) is 5.10. The Hall–Kier alpha value is -1.85. The lowest BCUT2D eigenvalue weighted by molar-refractivity contribution is 0.0921. The fourth-order valence-electron chi connectivity index (χ4n) is 2.37. The summed E-state index contributed by atoms with van der Waals surface area (Å²) in [6.07, 6.45) is 2.06. The fourth-order valence-corrected chi connectivity index (χ4v) is 2.49. The molecule has 0 bridgehead atoms. The van der Waals surface area contributed by atoms with Gasteiger partial charge in [-0.25, -0.2) is 0 Å². The molecule has 0 radical (unpaired) electrons. The highest BCUT2D eigenvalue weighted by molar-refractivity contribution is 6.30. The standard InChI is InChI=1S/C15H16ClN3O2/c16-11-5-3-10(4-6-11)14-8-13(19-21-14)15(20)18-12-2-1-7-17-9-12/h3-6,8,12,17H,1-2,7,9H2,(H,18,20). The van der Waals surface area contributed by atoms with Crippen molar-refractivity contribution in [2.75, 3.05) is 13.1 Å². The van der Waals surface area contributed by atoms with Crippen molar-refractivity contribution < 1.29 is 9.32 Å². The first-order chi connectivity index (χ1) is 10.2. The van der Waals surface area contributed by atoms with E-state index in [1.54, 1.807) is 18.2 Å². The molecule has 1 aliphatic rings. The molecule has 1 unspecified atom stereocenters. The van der Waals surface area contributed by atoms with E-state index in [1.807, 2.05) is 12.1 Å². The molecule has 1 atom stereocenters. The van der Waals surface area contributed by atoms with Crippen molar-refractivity contribution in [2.24, 2.45) is 0 Å². The maximum absolute atomic E-state index is 12.1. The molecule has 1 aliphatic heterocycles. The molecule has 6 heteroatoms. The van der Waals surface area contributed by atoms with E-state index in [4.69, 9.17) is 16.1 Å². The van der Waals surface area contributed by atoms with E-state index in [2.05, 4.69) is 15.8 Å². The Balaban J connectivity index is 1.69. The van der Waals surface area contributed by atoms with Gasteiger partial charge >= 0.3 is 0 Å². The summed E-state index contributed by atoms with van der Waals surface area (Å²) >= 11 is 5.85. The first kappa shape index (κ1) is 14.1. The average Bonchev–Trinajstić information content (AvgIpc) is 2.99. The van der Waals surface area contributed by atoms with Crippen LogP contribution in [0.4, 0.5) is 0 Å². The summed E-state index contributed by atoms with van der Waals surface area (Å²) in [4.78, 5) is 12.1. The van der Waals surface area contributed by atoms with Crippen molar-refractivity contribution >= 4 is 17.5 Å². The summed E-state index contributed by atoms with van der Waals surface area (Å²) in [5.74, 6) is 0.353. The quantitative estimate of drug-likeness (QED) is 0.914. The average molecular weight is 306 g/mol. The molecular formula is C15H16ClN3O2. The normalized spacial score (nSPS) is 18.4. The van der Waals surface area contributed by atoms with Crippen molar-refractivity contribution in [2.45, 2.75) is 18.9 Å². The second-order valence-corrected chi connectivity index (χ2v) is 5.54. The lowest BCUT2D eigenvalue weighted by Crippen LogP contribution is -2.45. The molecule has 1 fully saturated rings. The zero-order chi connectivity index (χ0) is 14.7. The van der Waals surface area contributed by atoms with E-state index in [-0.39, 0.29) is 11.9 Å². The third kappa shape index (κ3) is 3.43. The molecule has 1 aromatic heterocycles. The maximum Gasteiger partial charge on any atom is 0.273 e. The van der Waals surface area contributed by atoms with Crippen molar-refractivity contribution in [3.63, 3.8) is 0 Å². The lowest BCUT2D eigenvalue weighted by atomic mass is 10.1. The van der Waals surface area contributed by atoms with Gasteiger partial charge in [-0.05, 0) is 43.7 Å². The molecule has 1 amide bonds. The smallest absolute Gasteiger partial charge is 0.273 e. The molecule has 2 N–H and O–H groups in total. The summed E-state index contributed by atoms with van der Waals surface area (Å²) in [5, 5.41) is 10.7. The summed E-state index contributed by atoms with van der Waals surface area (Å²) in [6, 6.07) is 9.00. The number of carbonyl (C=O) groups is 1. The van der Waals surface area contributed by atoms with E-state index in [1.165, 1.54) is 0 Å². The zero-order valence-electron chi connectivity index (χ0n) is 11.4. The molecule has 0 saturated carbocycles. The van der Waals surface area contributed by atoms with E-state index < -0.39 is 0 Å².